The second kappa shape index (κ2) is 7.10. The van der Waals surface area contributed by atoms with Gasteiger partial charge in [0.25, 0.3) is 0 Å². The predicted molar refractivity (Wildman–Crippen MR) is 58.7 cm³/mol. The Morgan fingerprint density at radius 3 is 2.54 bits per heavy atom. The summed E-state index contributed by atoms with van der Waals surface area (Å²) in [6.07, 6.45) is 3.67. The summed E-state index contributed by atoms with van der Waals surface area (Å²) in [5.74, 6) is 0. The van der Waals surface area contributed by atoms with Gasteiger partial charge in [-0.05, 0) is 18.2 Å². The minimum Gasteiger partial charge on any atom is -0.360 e. The molecule has 13 heavy (non-hydrogen) atoms. The molecule has 0 bridgehead atoms. The minimum atomic E-state index is 1.03. The van der Waals surface area contributed by atoms with Crippen LogP contribution >= 0.6 is 0 Å². The van der Waals surface area contributed by atoms with E-state index in [0.717, 1.165) is 11.0 Å². The van der Waals surface area contributed by atoms with Gasteiger partial charge >= 0.3 is 0 Å². The lowest BCUT2D eigenvalue weighted by atomic mass is 10.4. The van der Waals surface area contributed by atoms with E-state index < -0.39 is 0 Å². The van der Waals surface area contributed by atoms with Gasteiger partial charge in [0.15, 0.2) is 0 Å². The molecule has 0 aliphatic carbocycles. The summed E-state index contributed by atoms with van der Waals surface area (Å²) >= 11 is 0. The molecule has 0 saturated carbocycles. The Morgan fingerprint density at radius 2 is 1.92 bits per heavy atom. The first-order valence-corrected chi connectivity index (χ1v) is 4.35. The molecule has 0 unspecified atom stereocenters. The summed E-state index contributed by atoms with van der Waals surface area (Å²) < 4.78 is 0. The van der Waals surface area contributed by atoms with Crippen LogP contribution in [0, 0.1) is 0 Å². The molecule has 1 N–H and O–H groups in total. The highest BCUT2D eigenvalue weighted by atomic mass is 14.7. The summed E-state index contributed by atoms with van der Waals surface area (Å²) in [5.41, 5.74) is 2.12. The van der Waals surface area contributed by atoms with Crippen molar-refractivity contribution in [1.29, 1.82) is 0 Å². The Hall–Kier alpha value is -1.57. The Morgan fingerprint density at radius 1 is 1.23 bits per heavy atom. The van der Waals surface area contributed by atoms with Gasteiger partial charge in [-0.25, -0.2) is 0 Å². The lowest BCUT2D eigenvalue weighted by molar-refractivity contribution is 1.41. The molecule has 2 aromatic heterocycles. The number of nitrogens with zero attached hydrogens (tertiary/aromatic N) is 1. The quantitative estimate of drug-likeness (QED) is 0.612. The molecule has 0 aliphatic rings. The zero-order valence-electron chi connectivity index (χ0n) is 8.25. The average Bonchev–Trinajstić information content (AvgIpc) is 2.71. The van der Waals surface area contributed by atoms with Gasteiger partial charge in [-0.15, -0.1) is 13.2 Å². The topological polar surface area (TPSA) is 28.7 Å². The van der Waals surface area contributed by atoms with Crippen molar-refractivity contribution in [1.82, 2.24) is 9.97 Å². The molecule has 0 aromatic carbocycles. The molecule has 0 amide bonds. The van der Waals surface area contributed by atoms with Crippen LogP contribution in [0.5, 0.6) is 0 Å². The zero-order chi connectivity index (χ0) is 10.1. The van der Waals surface area contributed by atoms with E-state index in [1.165, 1.54) is 0 Å². The van der Waals surface area contributed by atoms with E-state index in [0.29, 0.717) is 0 Å². The number of H-pyrrole nitrogens is 1. The van der Waals surface area contributed by atoms with Gasteiger partial charge < -0.3 is 4.98 Å². The van der Waals surface area contributed by atoms with Crippen LogP contribution in [0.15, 0.2) is 43.8 Å². The average molecular weight is 176 g/mol. The third-order valence-corrected chi connectivity index (χ3v) is 1.32. The van der Waals surface area contributed by atoms with Gasteiger partial charge in [0, 0.05) is 12.4 Å². The number of rotatable bonds is 0. The van der Waals surface area contributed by atoms with E-state index in [4.69, 9.17) is 0 Å². The van der Waals surface area contributed by atoms with Gasteiger partial charge in [-0.3, -0.25) is 4.98 Å². The number of aromatic amines is 1. The smallest absolute Gasteiger partial charge is 0.0878 e. The van der Waals surface area contributed by atoms with E-state index in [2.05, 4.69) is 23.1 Å². The van der Waals surface area contributed by atoms with Crippen molar-refractivity contribution in [3.05, 3.63) is 43.8 Å². The monoisotopic (exact) mass is 176 g/mol. The number of nitrogens with one attached hydrogen (secondary N) is 1. The summed E-state index contributed by atoms with van der Waals surface area (Å²) in [7, 11) is 0. The molecule has 0 fully saturated rings. The van der Waals surface area contributed by atoms with Gasteiger partial charge in [0.1, 0.15) is 0 Å². The van der Waals surface area contributed by atoms with Crippen LogP contribution < -0.4 is 0 Å². The molecule has 2 heterocycles. The first kappa shape index (κ1) is 11.4. The van der Waals surface area contributed by atoms with Crippen LogP contribution in [-0.2, 0) is 0 Å². The summed E-state index contributed by atoms with van der Waals surface area (Å²) in [6, 6.07) is 5.87. The second-order valence-corrected chi connectivity index (χ2v) is 1.91. The fourth-order valence-corrected chi connectivity index (χ4v) is 0.883. The summed E-state index contributed by atoms with van der Waals surface area (Å²) in [5, 5.41) is 0. The van der Waals surface area contributed by atoms with Crippen LogP contribution in [0.25, 0.3) is 11.0 Å². The lowest BCUT2D eigenvalue weighted by Gasteiger charge is -1.82. The number of fused-ring (bicyclic) bond motifs is 1. The van der Waals surface area contributed by atoms with E-state index in [-0.39, 0.29) is 0 Å². The Bertz CT molecular complexity index is 295. The van der Waals surface area contributed by atoms with E-state index in [1.54, 1.807) is 6.20 Å². The number of hydrogen-bond donors (Lipinski definition) is 1. The fourth-order valence-electron chi connectivity index (χ4n) is 0.883. The van der Waals surface area contributed by atoms with Gasteiger partial charge in [0.05, 0.1) is 11.0 Å². The van der Waals surface area contributed by atoms with Crippen molar-refractivity contribution in [2.75, 3.05) is 0 Å². The number of pyridine rings is 1. The minimum absolute atomic E-state index is 1.03. The molecule has 2 nitrogen and oxygen atoms in total. The number of hydrogen-bond acceptors (Lipinski definition) is 1. The molecule has 2 heteroatoms. The highest BCUT2D eigenvalue weighted by Gasteiger charge is 1.88. The fraction of sp³-hybridized carbons (Fsp3) is 0.182. The first-order valence-electron chi connectivity index (χ1n) is 4.35. The van der Waals surface area contributed by atoms with Crippen molar-refractivity contribution in [2.24, 2.45) is 0 Å². The van der Waals surface area contributed by atoms with Crippen molar-refractivity contribution < 1.29 is 0 Å². The first-order chi connectivity index (χ1) is 6.47. The Balaban J connectivity index is 0.000000322. The molecule has 2 rings (SSSR count). The van der Waals surface area contributed by atoms with Gasteiger partial charge in [-0.2, -0.15) is 0 Å². The predicted octanol–water partition coefficient (Wildman–Crippen LogP) is 3.39. The highest BCUT2D eigenvalue weighted by molar-refractivity contribution is 5.73. The van der Waals surface area contributed by atoms with E-state index in [9.17, 15) is 0 Å². The van der Waals surface area contributed by atoms with Crippen LogP contribution in [0.2, 0.25) is 0 Å². The number of aromatic nitrogens is 2. The lowest BCUT2D eigenvalue weighted by Crippen LogP contribution is -1.68. The molecular formula is C11H16N2. The Kier molecular flexibility index (Phi) is 6.24. The molecule has 2 aromatic rings. The molecule has 0 atom stereocenters. The van der Waals surface area contributed by atoms with Crippen LogP contribution in [0.3, 0.4) is 0 Å². The molecule has 0 aliphatic heterocycles. The van der Waals surface area contributed by atoms with Crippen molar-refractivity contribution in [3.8, 4) is 0 Å². The largest absolute Gasteiger partial charge is 0.360 e. The zero-order valence-corrected chi connectivity index (χ0v) is 8.25. The molecule has 0 saturated heterocycles. The molecule has 0 spiro atoms. The highest BCUT2D eigenvalue weighted by Crippen LogP contribution is 2.05. The van der Waals surface area contributed by atoms with Gasteiger partial charge in [0.2, 0.25) is 0 Å². The third-order valence-electron chi connectivity index (χ3n) is 1.32. The maximum atomic E-state index is 4.11. The maximum Gasteiger partial charge on any atom is 0.0878 e. The SMILES string of the molecule is C=C.CC.c1cnc2cc[nH]c2c1. The molecular weight excluding hydrogens is 160 g/mol. The van der Waals surface area contributed by atoms with Gasteiger partial charge in [-0.1, -0.05) is 13.8 Å². The third kappa shape index (κ3) is 3.11. The van der Waals surface area contributed by atoms with Crippen molar-refractivity contribution >= 4 is 11.0 Å². The van der Waals surface area contributed by atoms with Crippen molar-refractivity contribution in [3.63, 3.8) is 0 Å². The van der Waals surface area contributed by atoms with Crippen molar-refractivity contribution in [2.45, 2.75) is 13.8 Å². The Labute approximate surface area is 79.3 Å². The van der Waals surface area contributed by atoms with E-state index in [1.807, 2.05) is 38.2 Å². The van der Waals surface area contributed by atoms with Crippen LogP contribution in [-0.4, -0.2) is 9.97 Å². The normalized spacial score (nSPS) is 7.85. The van der Waals surface area contributed by atoms with Crippen LogP contribution in [0.1, 0.15) is 13.8 Å². The van der Waals surface area contributed by atoms with E-state index >= 15 is 0 Å². The standard InChI is InChI=1S/C7H6N2.C2H6.C2H4/c1-2-6-7(8-4-1)3-5-9-6;2*1-2/h1-5,9H;1-2H3;1-2H2. The molecule has 70 valence electrons. The maximum absolute atomic E-state index is 4.11. The van der Waals surface area contributed by atoms with Crippen LogP contribution in [0.4, 0.5) is 0 Å². The second-order valence-electron chi connectivity index (χ2n) is 1.91. The summed E-state index contributed by atoms with van der Waals surface area (Å²) in [4.78, 5) is 7.17. The molecule has 0 radical (unpaired) electrons. The summed E-state index contributed by atoms with van der Waals surface area (Å²) in [6.45, 7) is 10.0.